The van der Waals surface area contributed by atoms with Crippen LogP contribution in [0, 0.1) is 0 Å². The van der Waals surface area contributed by atoms with Crippen molar-refractivity contribution in [3.8, 4) is 11.5 Å². The van der Waals surface area contributed by atoms with Crippen molar-refractivity contribution in [2.24, 2.45) is 0 Å². The summed E-state index contributed by atoms with van der Waals surface area (Å²) in [5.74, 6) is 0.682. The molecule has 74 valence electrons. The molecule has 1 aromatic carbocycles. The normalized spacial score (nSPS) is 10.8. The van der Waals surface area contributed by atoms with Crippen molar-refractivity contribution in [2.75, 3.05) is 0 Å². The fraction of sp³-hybridized carbons (Fsp3) is 0. The van der Waals surface area contributed by atoms with Crippen molar-refractivity contribution < 1.29 is 0 Å². The van der Waals surface area contributed by atoms with Gasteiger partial charge in [-0.2, -0.15) is 0 Å². The standard InChI is InChI=1S/C12H8BN3/c13-16-11-7-2-1-5-9(11)15-12(16)10-6-3-4-8-14-10/h1-8H. The SMILES string of the molecule is [B]n1c(-c2ccccn2)nc2ccccc21. The van der Waals surface area contributed by atoms with Gasteiger partial charge in [0.25, 0.3) is 0 Å². The van der Waals surface area contributed by atoms with Gasteiger partial charge in [-0.3, -0.25) is 4.98 Å². The number of hydrogen-bond acceptors (Lipinski definition) is 2. The largest absolute Gasteiger partial charge is 0.379 e. The number of benzene rings is 1. The number of fused-ring (bicyclic) bond motifs is 1. The molecule has 0 saturated carbocycles. The summed E-state index contributed by atoms with van der Waals surface area (Å²) in [4.78, 5) is 8.70. The van der Waals surface area contributed by atoms with Gasteiger partial charge in [0.15, 0.2) is 0 Å². The van der Waals surface area contributed by atoms with Crippen molar-refractivity contribution in [3.05, 3.63) is 48.7 Å². The van der Waals surface area contributed by atoms with Gasteiger partial charge in [-0.05, 0) is 24.3 Å². The monoisotopic (exact) mass is 205 g/mol. The van der Waals surface area contributed by atoms with Crippen LogP contribution in [-0.2, 0) is 0 Å². The Bertz CT molecular complexity index is 631. The Labute approximate surface area is 94.2 Å². The van der Waals surface area contributed by atoms with E-state index in [1.165, 1.54) is 0 Å². The molecule has 0 amide bonds. The Morgan fingerprint density at radius 2 is 1.81 bits per heavy atom. The molecule has 0 aliphatic heterocycles. The first kappa shape index (κ1) is 9.15. The average Bonchev–Trinajstić information content (AvgIpc) is 2.69. The summed E-state index contributed by atoms with van der Waals surface area (Å²) < 4.78 is 1.57. The highest BCUT2D eigenvalue weighted by Crippen LogP contribution is 2.20. The Hall–Kier alpha value is -2.10. The van der Waals surface area contributed by atoms with Gasteiger partial charge in [0, 0.05) is 6.20 Å². The average molecular weight is 205 g/mol. The van der Waals surface area contributed by atoms with E-state index in [0.29, 0.717) is 5.82 Å². The van der Waals surface area contributed by atoms with Crippen LogP contribution in [0.5, 0.6) is 0 Å². The van der Waals surface area contributed by atoms with Crippen molar-refractivity contribution in [1.82, 2.24) is 14.4 Å². The summed E-state index contributed by atoms with van der Waals surface area (Å²) in [5.41, 5.74) is 2.56. The van der Waals surface area contributed by atoms with Gasteiger partial charge in [-0.1, -0.05) is 18.2 Å². The molecule has 2 radical (unpaired) electrons. The molecule has 3 rings (SSSR count). The van der Waals surface area contributed by atoms with Crippen LogP contribution in [0.3, 0.4) is 0 Å². The van der Waals surface area contributed by atoms with Crippen molar-refractivity contribution in [1.29, 1.82) is 0 Å². The number of rotatable bonds is 1. The summed E-state index contributed by atoms with van der Waals surface area (Å²) in [6.45, 7) is 0. The fourth-order valence-electron chi connectivity index (χ4n) is 1.72. The van der Waals surface area contributed by atoms with Crippen LogP contribution in [0.4, 0.5) is 0 Å². The zero-order valence-electron chi connectivity index (χ0n) is 8.54. The lowest BCUT2D eigenvalue weighted by Gasteiger charge is -2.00. The van der Waals surface area contributed by atoms with E-state index in [4.69, 9.17) is 7.98 Å². The fourth-order valence-corrected chi connectivity index (χ4v) is 1.72. The molecule has 4 heteroatoms. The quantitative estimate of drug-likeness (QED) is 0.569. The minimum atomic E-state index is 0.682. The van der Waals surface area contributed by atoms with E-state index in [9.17, 15) is 0 Å². The lowest BCUT2D eigenvalue weighted by atomic mass is 10.2. The molecule has 0 unspecified atom stereocenters. The molecule has 0 spiro atoms. The van der Waals surface area contributed by atoms with Crippen molar-refractivity contribution >= 4 is 19.0 Å². The molecule has 2 heterocycles. The van der Waals surface area contributed by atoms with E-state index in [-0.39, 0.29) is 0 Å². The lowest BCUT2D eigenvalue weighted by Crippen LogP contribution is -1.96. The summed E-state index contributed by atoms with van der Waals surface area (Å²) in [5, 5.41) is 0. The molecule has 3 nitrogen and oxygen atoms in total. The van der Waals surface area contributed by atoms with E-state index >= 15 is 0 Å². The summed E-state index contributed by atoms with van der Waals surface area (Å²) >= 11 is 0. The van der Waals surface area contributed by atoms with Gasteiger partial charge in [-0.15, -0.1) is 0 Å². The number of aromatic nitrogens is 3. The minimum absolute atomic E-state index is 0.682. The maximum Gasteiger partial charge on any atom is 0.237 e. The van der Waals surface area contributed by atoms with Crippen molar-refractivity contribution in [2.45, 2.75) is 0 Å². The summed E-state index contributed by atoms with van der Waals surface area (Å²) in [7, 11) is 5.99. The van der Waals surface area contributed by atoms with E-state index in [0.717, 1.165) is 16.7 Å². The number of imidazole rings is 1. The Morgan fingerprint density at radius 3 is 2.56 bits per heavy atom. The molecule has 0 aliphatic rings. The van der Waals surface area contributed by atoms with E-state index < -0.39 is 0 Å². The molecule has 16 heavy (non-hydrogen) atoms. The molecule has 2 aromatic heterocycles. The zero-order chi connectivity index (χ0) is 11.0. The predicted molar refractivity (Wildman–Crippen MR) is 64.1 cm³/mol. The third kappa shape index (κ3) is 1.31. The molecule has 0 atom stereocenters. The Kier molecular flexibility index (Phi) is 1.99. The van der Waals surface area contributed by atoms with Gasteiger partial charge >= 0.3 is 0 Å². The van der Waals surface area contributed by atoms with Crippen LogP contribution in [0.2, 0.25) is 0 Å². The van der Waals surface area contributed by atoms with E-state index in [2.05, 4.69) is 9.97 Å². The molecular formula is C12H8BN3. The molecule has 0 saturated heterocycles. The van der Waals surface area contributed by atoms with Crippen LogP contribution >= 0.6 is 0 Å². The third-order valence-corrected chi connectivity index (χ3v) is 2.49. The van der Waals surface area contributed by atoms with E-state index in [1.54, 1.807) is 10.7 Å². The van der Waals surface area contributed by atoms with E-state index in [1.807, 2.05) is 42.5 Å². The first-order chi connectivity index (χ1) is 7.86. The van der Waals surface area contributed by atoms with Crippen LogP contribution in [0.25, 0.3) is 22.6 Å². The number of para-hydroxylation sites is 2. The van der Waals surface area contributed by atoms with Gasteiger partial charge in [-0.25, -0.2) is 4.98 Å². The highest BCUT2D eigenvalue weighted by atomic mass is 15.0. The van der Waals surface area contributed by atoms with Crippen LogP contribution in [-0.4, -0.2) is 22.4 Å². The zero-order valence-corrected chi connectivity index (χ0v) is 8.54. The topological polar surface area (TPSA) is 30.7 Å². The van der Waals surface area contributed by atoms with Gasteiger partial charge in [0.05, 0.1) is 11.0 Å². The molecular weight excluding hydrogens is 197 g/mol. The van der Waals surface area contributed by atoms with Gasteiger partial charge < -0.3 is 4.48 Å². The second-order valence-corrected chi connectivity index (χ2v) is 3.51. The summed E-state index contributed by atoms with van der Waals surface area (Å²) in [6.07, 6.45) is 1.73. The third-order valence-electron chi connectivity index (χ3n) is 2.49. The highest BCUT2D eigenvalue weighted by Gasteiger charge is 2.08. The van der Waals surface area contributed by atoms with Gasteiger partial charge in [0.1, 0.15) is 11.5 Å². The lowest BCUT2D eigenvalue weighted by molar-refractivity contribution is 1.19. The first-order valence-electron chi connectivity index (χ1n) is 5.00. The highest BCUT2D eigenvalue weighted by molar-refractivity contribution is 6.13. The second-order valence-electron chi connectivity index (χ2n) is 3.51. The van der Waals surface area contributed by atoms with Crippen molar-refractivity contribution in [3.63, 3.8) is 0 Å². The van der Waals surface area contributed by atoms with Gasteiger partial charge in [0.2, 0.25) is 7.98 Å². The molecule has 0 aliphatic carbocycles. The second kappa shape index (κ2) is 3.49. The number of hydrogen-bond donors (Lipinski definition) is 0. The first-order valence-corrected chi connectivity index (χ1v) is 5.00. The maximum atomic E-state index is 5.99. The number of pyridine rings is 1. The number of nitrogens with zero attached hydrogens (tertiary/aromatic N) is 3. The minimum Gasteiger partial charge on any atom is -0.379 e. The van der Waals surface area contributed by atoms with Crippen LogP contribution in [0.15, 0.2) is 48.7 Å². The van der Waals surface area contributed by atoms with Crippen LogP contribution in [0.1, 0.15) is 0 Å². The summed E-state index contributed by atoms with van der Waals surface area (Å²) in [6, 6.07) is 13.4. The molecule has 0 fully saturated rings. The smallest absolute Gasteiger partial charge is 0.237 e. The maximum absolute atomic E-state index is 5.99. The van der Waals surface area contributed by atoms with Crippen LogP contribution < -0.4 is 0 Å². The molecule has 0 N–H and O–H groups in total. The molecule has 0 bridgehead atoms. The predicted octanol–water partition coefficient (Wildman–Crippen LogP) is 2.03. The molecule has 3 aromatic rings. The Balaban J connectivity index is 2.29. The Morgan fingerprint density at radius 1 is 1.00 bits per heavy atom.